The zero-order chi connectivity index (χ0) is 13.8. The molecule has 0 radical (unpaired) electrons. The van der Waals surface area contributed by atoms with Gasteiger partial charge >= 0.3 is 0 Å². The van der Waals surface area contributed by atoms with Crippen LogP contribution in [0.25, 0.3) is 11.3 Å². The van der Waals surface area contributed by atoms with Crippen molar-refractivity contribution >= 4 is 22.7 Å². The molecular weight excluding hydrogens is 286 g/mol. The van der Waals surface area contributed by atoms with E-state index in [1.165, 1.54) is 5.56 Å². The van der Waals surface area contributed by atoms with Crippen LogP contribution in [0.3, 0.4) is 0 Å². The first-order valence-corrected chi connectivity index (χ1v) is 8.21. The number of nitrogens with one attached hydrogen (secondary N) is 1. The third-order valence-electron chi connectivity index (χ3n) is 3.00. The molecule has 0 bridgehead atoms. The molecule has 0 saturated carbocycles. The number of nitrogens with zero attached hydrogens (tertiary/aromatic N) is 2. The minimum Gasteiger partial charge on any atom is -0.302 e. The van der Waals surface area contributed by atoms with Crippen LogP contribution in [0.15, 0.2) is 47.3 Å². The standard InChI is InChI=1S/C15H15N3S2/c1-11(15-16-7-8-19-15)17-9-14-18-13(10-20-14)12-5-3-2-4-6-12/h2-8,10-11,17H,9H2,1H3. The summed E-state index contributed by atoms with van der Waals surface area (Å²) in [6, 6.07) is 10.5. The summed E-state index contributed by atoms with van der Waals surface area (Å²) in [4.78, 5) is 8.99. The molecule has 0 aliphatic carbocycles. The van der Waals surface area contributed by atoms with E-state index in [0.29, 0.717) is 0 Å². The van der Waals surface area contributed by atoms with Crippen LogP contribution in [0.5, 0.6) is 0 Å². The van der Waals surface area contributed by atoms with Crippen molar-refractivity contribution in [3.8, 4) is 11.3 Å². The molecule has 1 N–H and O–H groups in total. The van der Waals surface area contributed by atoms with Gasteiger partial charge in [0, 0.05) is 29.1 Å². The molecule has 3 aromatic rings. The molecule has 0 fully saturated rings. The Bertz CT molecular complexity index is 647. The van der Waals surface area contributed by atoms with Crippen LogP contribution < -0.4 is 5.32 Å². The molecule has 3 nitrogen and oxygen atoms in total. The van der Waals surface area contributed by atoms with Crippen molar-refractivity contribution in [1.82, 2.24) is 15.3 Å². The van der Waals surface area contributed by atoms with E-state index in [2.05, 4.69) is 39.7 Å². The molecule has 1 aromatic carbocycles. The van der Waals surface area contributed by atoms with E-state index >= 15 is 0 Å². The first-order valence-electron chi connectivity index (χ1n) is 6.45. The lowest BCUT2D eigenvalue weighted by Crippen LogP contribution is -2.17. The summed E-state index contributed by atoms with van der Waals surface area (Å²) >= 11 is 3.37. The molecule has 3 rings (SSSR count). The Kier molecular flexibility index (Phi) is 4.20. The number of thiazole rings is 2. The Hall–Kier alpha value is -1.56. The van der Waals surface area contributed by atoms with Crippen LogP contribution in [0.1, 0.15) is 23.0 Å². The summed E-state index contributed by atoms with van der Waals surface area (Å²) in [5.41, 5.74) is 2.22. The van der Waals surface area contributed by atoms with Gasteiger partial charge in [-0.15, -0.1) is 22.7 Å². The van der Waals surface area contributed by atoms with Crippen LogP contribution in [0, 0.1) is 0 Å². The second-order valence-electron chi connectivity index (χ2n) is 4.47. The van der Waals surface area contributed by atoms with E-state index in [9.17, 15) is 0 Å². The maximum Gasteiger partial charge on any atom is 0.109 e. The van der Waals surface area contributed by atoms with Crippen LogP contribution in [-0.4, -0.2) is 9.97 Å². The number of benzene rings is 1. The Labute approximate surface area is 126 Å². The van der Waals surface area contributed by atoms with E-state index in [4.69, 9.17) is 0 Å². The summed E-state index contributed by atoms with van der Waals surface area (Å²) in [6.07, 6.45) is 1.84. The van der Waals surface area contributed by atoms with Gasteiger partial charge in [-0.2, -0.15) is 0 Å². The Morgan fingerprint density at radius 1 is 1.20 bits per heavy atom. The fraction of sp³-hybridized carbons (Fsp3) is 0.200. The largest absolute Gasteiger partial charge is 0.302 e. The fourth-order valence-electron chi connectivity index (χ4n) is 1.91. The number of hydrogen-bond donors (Lipinski definition) is 1. The molecule has 2 aromatic heterocycles. The fourth-order valence-corrected chi connectivity index (χ4v) is 3.33. The first-order chi connectivity index (χ1) is 9.83. The zero-order valence-corrected chi connectivity index (χ0v) is 12.7. The molecule has 20 heavy (non-hydrogen) atoms. The summed E-state index contributed by atoms with van der Waals surface area (Å²) in [5.74, 6) is 0. The summed E-state index contributed by atoms with van der Waals surface area (Å²) < 4.78 is 0. The van der Waals surface area contributed by atoms with Gasteiger partial charge < -0.3 is 5.32 Å². The van der Waals surface area contributed by atoms with Crippen molar-refractivity contribution in [1.29, 1.82) is 0 Å². The van der Waals surface area contributed by atoms with Crippen molar-refractivity contribution in [3.05, 3.63) is 57.3 Å². The third-order valence-corrected chi connectivity index (χ3v) is 4.81. The maximum atomic E-state index is 4.67. The van der Waals surface area contributed by atoms with E-state index in [-0.39, 0.29) is 6.04 Å². The highest BCUT2D eigenvalue weighted by Crippen LogP contribution is 2.22. The Morgan fingerprint density at radius 2 is 2.05 bits per heavy atom. The second kappa shape index (κ2) is 6.26. The van der Waals surface area contributed by atoms with Crippen molar-refractivity contribution in [2.45, 2.75) is 19.5 Å². The molecular formula is C15H15N3S2. The predicted octanol–water partition coefficient (Wildman–Crippen LogP) is 4.12. The number of hydrogen-bond acceptors (Lipinski definition) is 5. The topological polar surface area (TPSA) is 37.8 Å². The van der Waals surface area contributed by atoms with Crippen LogP contribution in [0.2, 0.25) is 0 Å². The number of aromatic nitrogens is 2. The van der Waals surface area contributed by atoms with E-state index < -0.39 is 0 Å². The lowest BCUT2D eigenvalue weighted by molar-refractivity contribution is 0.570. The lowest BCUT2D eigenvalue weighted by atomic mass is 10.2. The first kappa shape index (κ1) is 13.4. The number of rotatable bonds is 5. The quantitative estimate of drug-likeness (QED) is 0.770. The van der Waals surface area contributed by atoms with Gasteiger partial charge in [0.05, 0.1) is 11.7 Å². The molecule has 2 heterocycles. The average molecular weight is 301 g/mol. The highest BCUT2D eigenvalue weighted by Gasteiger charge is 2.09. The normalized spacial score (nSPS) is 12.4. The van der Waals surface area contributed by atoms with E-state index in [0.717, 1.165) is 22.3 Å². The van der Waals surface area contributed by atoms with Crippen molar-refractivity contribution in [3.63, 3.8) is 0 Å². The molecule has 5 heteroatoms. The SMILES string of the molecule is CC(NCc1nc(-c2ccccc2)cs1)c1nccs1. The average Bonchev–Trinajstić information content (AvgIpc) is 3.17. The van der Waals surface area contributed by atoms with Crippen molar-refractivity contribution in [2.24, 2.45) is 0 Å². The molecule has 0 saturated heterocycles. The minimum atomic E-state index is 0.263. The van der Waals surface area contributed by atoms with Crippen molar-refractivity contribution < 1.29 is 0 Å². The molecule has 102 valence electrons. The predicted molar refractivity (Wildman–Crippen MR) is 84.9 cm³/mol. The minimum absolute atomic E-state index is 0.263. The van der Waals surface area contributed by atoms with Gasteiger partial charge in [0.2, 0.25) is 0 Å². The van der Waals surface area contributed by atoms with Gasteiger partial charge in [-0.1, -0.05) is 30.3 Å². The molecule has 0 spiro atoms. The van der Waals surface area contributed by atoms with Crippen LogP contribution in [-0.2, 0) is 6.54 Å². The highest BCUT2D eigenvalue weighted by atomic mass is 32.1. The van der Waals surface area contributed by atoms with Crippen LogP contribution >= 0.6 is 22.7 Å². The second-order valence-corrected chi connectivity index (χ2v) is 6.33. The monoisotopic (exact) mass is 301 g/mol. The van der Waals surface area contributed by atoms with E-state index in [1.807, 2.05) is 29.8 Å². The van der Waals surface area contributed by atoms with Gasteiger partial charge in [-0.3, -0.25) is 0 Å². The van der Waals surface area contributed by atoms with Crippen LogP contribution in [0.4, 0.5) is 0 Å². The molecule has 1 atom stereocenters. The Morgan fingerprint density at radius 3 is 2.80 bits per heavy atom. The third kappa shape index (κ3) is 3.12. The Balaban J connectivity index is 1.63. The molecule has 1 unspecified atom stereocenters. The lowest BCUT2D eigenvalue weighted by Gasteiger charge is -2.08. The van der Waals surface area contributed by atoms with Crippen molar-refractivity contribution in [2.75, 3.05) is 0 Å². The molecule has 0 aliphatic heterocycles. The smallest absolute Gasteiger partial charge is 0.109 e. The maximum absolute atomic E-state index is 4.67. The molecule has 0 amide bonds. The van der Waals surface area contributed by atoms with Gasteiger partial charge in [-0.05, 0) is 6.92 Å². The van der Waals surface area contributed by atoms with Gasteiger partial charge in [0.25, 0.3) is 0 Å². The zero-order valence-electron chi connectivity index (χ0n) is 11.1. The van der Waals surface area contributed by atoms with Gasteiger partial charge in [-0.25, -0.2) is 9.97 Å². The van der Waals surface area contributed by atoms with E-state index in [1.54, 1.807) is 22.7 Å². The highest BCUT2D eigenvalue weighted by molar-refractivity contribution is 7.10. The summed E-state index contributed by atoms with van der Waals surface area (Å²) in [5, 5.41) is 9.80. The summed E-state index contributed by atoms with van der Waals surface area (Å²) in [7, 11) is 0. The van der Waals surface area contributed by atoms with Gasteiger partial charge in [0.15, 0.2) is 0 Å². The summed E-state index contributed by atoms with van der Waals surface area (Å²) in [6.45, 7) is 2.91. The van der Waals surface area contributed by atoms with Gasteiger partial charge in [0.1, 0.15) is 10.0 Å². The molecule has 0 aliphatic rings.